The van der Waals surface area contributed by atoms with Crippen LogP contribution in [0.3, 0.4) is 0 Å². The molecule has 0 saturated carbocycles. The average Bonchev–Trinajstić information content (AvgIpc) is 1.88. The van der Waals surface area contributed by atoms with Gasteiger partial charge in [0.25, 0.3) is 0 Å². The third-order valence-electron chi connectivity index (χ3n) is 1.45. The maximum absolute atomic E-state index is 4.25. The minimum absolute atomic E-state index is 0.571. The Morgan fingerprint density at radius 2 is 2.10 bits per heavy atom. The van der Waals surface area contributed by atoms with Crippen molar-refractivity contribution in [3.8, 4) is 0 Å². The first kappa shape index (κ1) is 9.41. The number of allylic oxidation sites excluding steroid dienone is 1. The summed E-state index contributed by atoms with van der Waals surface area (Å²) in [7, 11) is 0. The van der Waals surface area contributed by atoms with Crippen LogP contribution in [-0.4, -0.2) is 5.71 Å². The van der Waals surface area contributed by atoms with Crippen LogP contribution >= 0.6 is 0 Å². The molecule has 0 N–H and O–H groups in total. The fourth-order valence-corrected chi connectivity index (χ4v) is 0.425. The number of rotatable bonds is 3. The molecule has 0 atom stereocenters. The molecule has 0 aliphatic rings. The van der Waals surface area contributed by atoms with Crippen LogP contribution in [0.1, 0.15) is 34.1 Å². The van der Waals surface area contributed by atoms with Crippen LogP contribution in [0.15, 0.2) is 17.3 Å². The minimum atomic E-state index is 0.571. The van der Waals surface area contributed by atoms with Crippen molar-refractivity contribution in [3.05, 3.63) is 12.3 Å². The maximum Gasteiger partial charge on any atom is 0.0227 e. The van der Waals surface area contributed by atoms with Gasteiger partial charge in [-0.25, -0.2) is 0 Å². The van der Waals surface area contributed by atoms with Crippen LogP contribution in [0, 0.1) is 5.92 Å². The molecule has 0 bridgehead atoms. The van der Waals surface area contributed by atoms with E-state index in [1.165, 1.54) is 5.71 Å². The second-order valence-corrected chi connectivity index (χ2v) is 2.72. The second-order valence-electron chi connectivity index (χ2n) is 2.72. The number of aliphatic imine (C=N–C) groups is 1. The smallest absolute Gasteiger partial charge is 0.0227 e. The lowest BCUT2D eigenvalue weighted by atomic mass is 10.1. The SMILES string of the molecule is CC/C=C\N=C(C)C(C)C. The van der Waals surface area contributed by atoms with Gasteiger partial charge >= 0.3 is 0 Å². The van der Waals surface area contributed by atoms with Crippen molar-refractivity contribution in [2.45, 2.75) is 34.1 Å². The molecule has 0 unspecified atom stereocenters. The zero-order chi connectivity index (χ0) is 7.98. The molecule has 0 aromatic rings. The van der Waals surface area contributed by atoms with Crippen LogP contribution < -0.4 is 0 Å². The van der Waals surface area contributed by atoms with Crippen LogP contribution in [-0.2, 0) is 0 Å². The molecule has 0 fully saturated rings. The lowest BCUT2D eigenvalue weighted by molar-refractivity contribution is 0.878. The summed E-state index contributed by atoms with van der Waals surface area (Å²) in [5.41, 5.74) is 1.20. The molecule has 1 heteroatoms. The highest BCUT2D eigenvalue weighted by molar-refractivity contribution is 5.84. The monoisotopic (exact) mass is 139 g/mol. The van der Waals surface area contributed by atoms with Gasteiger partial charge in [-0.05, 0) is 19.3 Å². The van der Waals surface area contributed by atoms with Gasteiger partial charge in [0.2, 0.25) is 0 Å². The van der Waals surface area contributed by atoms with E-state index in [9.17, 15) is 0 Å². The van der Waals surface area contributed by atoms with Gasteiger partial charge in [-0.2, -0.15) is 0 Å². The number of hydrogen-bond acceptors (Lipinski definition) is 1. The van der Waals surface area contributed by atoms with E-state index >= 15 is 0 Å². The van der Waals surface area contributed by atoms with Crippen LogP contribution in [0.4, 0.5) is 0 Å². The quantitative estimate of drug-likeness (QED) is 0.533. The van der Waals surface area contributed by atoms with Crippen LogP contribution in [0.25, 0.3) is 0 Å². The van der Waals surface area contributed by atoms with E-state index in [1.54, 1.807) is 0 Å². The Morgan fingerprint density at radius 1 is 1.50 bits per heavy atom. The van der Waals surface area contributed by atoms with E-state index in [0.29, 0.717) is 5.92 Å². The topological polar surface area (TPSA) is 12.4 Å². The highest BCUT2D eigenvalue weighted by atomic mass is 14.7. The molecule has 0 saturated heterocycles. The van der Waals surface area contributed by atoms with Gasteiger partial charge in [0.15, 0.2) is 0 Å². The standard InChI is InChI=1S/C9H17N/c1-5-6-7-10-9(4)8(2)3/h6-8H,5H2,1-4H3/b7-6-,10-9?. The lowest BCUT2D eigenvalue weighted by Gasteiger charge is -1.99. The zero-order valence-corrected chi connectivity index (χ0v) is 7.39. The lowest BCUT2D eigenvalue weighted by Crippen LogP contribution is -1.99. The molecule has 0 aliphatic heterocycles. The third kappa shape index (κ3) is 4.30. The first-order valence-electron chi connectivity index (χ1n) is 3.87. The minimum Gasteiger partial charge on any atom is -0.266 e. The Balaban J connectivity index is 3.79. The first-order valence-corrected chi connectivity index (χ1v) is 3.87. The molecule has 0 aromatic heterocycles. The molecule has 0 aromatic carbocycles. The van der Waals surface area contributed by atoms with Gasteiger partial charge in [-0.15, -0.1) is 0 Å². The van der Waals surface area contributed by atoms with E-state index in [2.05, 4.69) is 38.8 Å². The molecule has 1 nitrogen and oxygen atoms in total. The van der Waals surface area contributed by atoms with Gasteiger partial charge in [0.05, 0.1) is 0 Å². The molecule has 0 rings (SSSR count). The van der Waals surface area contributed by atoms with Crippen molar-refractivity contribution < 1.29 is 0 Å². The molecule has 10 heavy (non-hydrogen) atoms. The fraction of sp³-hybridized carbons (Fsp3) is 0.667. The van der Waals surface area contributed by atoms with Gasteiger partial charge in [0, 0.05) is 11.9 Å². The molecular weight excluding hydrogens is 122 g/mol. The van der Waals surface area contributed by atoms with E-state index in [0.717, 1.165) is 6.42 Å². The predicted molar refractivity (Wildman–Crippen MR) is 47.4 cm³/mol. The van der Waals surface area contributed by atoms with Crippen molar-refractivity contribution >= 4 is 5.71 Å². The van der Waals surface area contributed by atoms with Crippen molar-refractivity contribution in [3.63, 3.8) is 0 Å². The normalized spacial score (nSPS) is 13.5. The largest absolute Gasteiger partial charge is 0.266 e. The van der Waals surface area contributed by atoms with E-state index < -0.39 is 0 Å². The molecule has 0 amide bonds. The Kier molecular flexibility index (Phi) is 4.91. The summed E-state index contributed by atoms with van der Waals surface area (Å²) in [5.74, 6) is 0.571. The Hall–Kier alpha value is -0.590. The fourth-order valence-electron chi connectivity index (χ4n) is 0.425. The Morgan fingerprint density at radius 3 is 2.50 bits per heavy atom. The summed E-state index contributed by atoms with van der Waals surface area (Å²) in [5, 5.41) is 0. The Bertz CT molecular complexity index is 132. The number of hydrogen-bond donors (Lipinski definition) is 0. The predicted octanol–water partition coefficient (Wildman–Crippen LogP) is 3.03. The summed E-state index contributed by atoms with van der Waals surface area (Å²) < 4.78 is 0. The van der Waals surface area contributed by atoms with Crippen molar-refractivity contribution in [1.29, 1.82) is 0 Å². The highest BCUT2D eigenvalue weighted by Crippen LogP contribution is 1.96. The second kappa shape index (κ2) is 5.21. The molecular formula is C9H17N. The van der Waals surface area contributed by atoms with Gasteiger partial charge in [-0.3, -0.25) is 4.99 Å². The molecule has 0 radical (unpaired) electrons. The zero-order valence-electron chi connectivity index (χ0n) is 7.39. The summed E-state index contributed by atoms with van der Waals surface area (Å²) in [4.78, 5) is 4.25. The summed E-state index contributed by atoms with van der Waals surface area (Å²) in [6.07, 6.45) is 5.01. The third-order valence-corrected chi connectivity index (χ3v) is 1.45. The molecule has 58 valence electrons. The maximum atomic E-state index is 4.25. The van der Waals surface area contributed by atoms with Gasteiger partial charge in [0.1, 0.15) is 0 Å². The molecule has 0 spiro atoms. The first-order chi connectivity index (χ1) is 4.68. The van der Waals surface area contributed by atoms with E-state index in [-0.39, 0.29) is 0 Å². The van der Waals surface area contributed by atoms with E-state index in [4.69, 9.17) is 0 Å². The Labute approximate surface area is 63.9 Å². The summed E-state index contributed by atoms with van der Waals surface area (Å²) in [6, 6.07) is 0. The van der Waals surface area contributed by atoms with Crippen LogP contribution in [0.5, 0.6) is 0 Å². The molecule has 0 aliphatic carbocycles. The summed E-state index contributed by atoms with van der Waals surface area (Å²) in [6.45, 7) is 8.47. The molecule has 0 heterocycles. The average molecular weight is 139 g/mol. The van der Waals surface area contributed by atoms with E-state index in [1.807, 2.05) is 6.20 Å². The number of nitrogens with zero attached hydrogens (tertiary/aromatic N) is 1. The summed E-state index contributed by atoms with van der Waals surface area (Å²) >= 11 is 0. The van der Waals surface area contributed by atoms with Crippen molar-refractivity contribution in [2.75, 3.05) is 0 Å². The highest BCUT2D eigenvalue weighted by Gasteiger charge is 1.93. The van der Waals surface area contributed by atoms with Gasteiger partial charge < -0.3 is 0 Å². The van der Waals surface area contributed by atoms with Crippen LogP contribution in [0.2, 0.25) is 0 Å². The van der Waals surface area contributed by atoms with Crippen molar-refractivity contribution in [2.24, 2.45) is 10.9 Å². The van der Waals surface area contributed by atoms with Gasteiger partial charge in [-0.1, -0.05) is 26.8 Å². The van der Waals surface area contributed by atoms with Crippen molar-refractivity contribution in [1.82, 2.24) is 0 Å².